The van der Waals surface area contributed by atoms with Crippen LogP contribution in [0, 0.1) is 0 Å². The molecule has 1 aromatic rings. The van der Waals surface area contributed by atoms with Gasteiger partial charge in [-0.3, -0.25) is 0 Å². The zero-order valence-corrected chi connectivity index (χ0v) is 10.4. The second-order valence-corrected chi connectivity index (χ2v) is 5.92. The SMILES string of the molecule is c1ncn(C2CCSC2)c1C1CCNCC1. The van der Waals surface area contributed by atoms with E-state index in [9.17, 15) is 0 Å². The van der Waals surface area contributed by atoms with Gasteiger partial charge in [0.25, 0.3) is 0 Å². The van der Waals surface area contributed by atoms with Crippen molar-refractivity contribution in [2.75, 3.05) is 24.6 Å². The van der Waals surface area contributed by atoms with Crippen LogP contribution < -0.4 is 5.32 Å². The van der Waals surface area contributed by atoms with Crippen LogP contribution in [0.15, 0.2) is 12.5 Å². The van der Waals surface area contributed by atoms with Crippen LogP contribution in [0.3, 0.4) is 0 Å². The van der Waals surface area contributed by atoms with Gasteiger partial charge >= 0.3 is 0 Å². The Hall–Kier alpha value is -0.480. The molecule has 3 nitrogen and oxygen atoms in total. The molecule has 1 N–H and O–H groups in total. The first-order valence-corrected chi connectivity index (χ1v) is 7.41. The lowest BCUT2D eigenvalue weighted by Gasteiger charge is -2.25. The predicted molar refractivity (Wildman–Crippen MR) is 68.1 cm³/mol. The fraction of sp³-hybridized carbons (Fsp3) is 0.750. The third kappa shape index (κ3) is 2.00. The predicted octanol–water partition coefficient (Wildman–Crippen LogP) is 2.03. The molecular weight excluding hydrogens is 218 g/mol. The van der Waals surface area contributed by atoms with Crippen molar-refractivity contribution in [2.24, 2.45) is 0 Å². The van der Waals surface area contributed by atoms with Crippen molar-refractivity contribution < 1.29 is 0 Å². The molecule has 3 rings (SSSR count). The molecule has 2 saturated heterocycles. The largest absolute Gasteiger partial charge is 0.330 e. The summed E-state index contributed by atoms with van der Waals surface area (Å²) in [5.74, 6) is 3.32. The highest BCUT2D eigenvalue weighted by Gasteiger charge is 2.24. The summed E-state index contributed by atoms with van der Waals surface area (Å²) in [5, 5.41) is 3.43. The topological polar surface area (TPSA) is 29.9 Å². The summed E-state index contributed by atoms with van der Waals surface area (Å²) in [5.41, 5.74) is 1.48. The molecule has 1 atom stereocenters. The van der Waals surface area contributed by atoms with E-state index in [1.54, 1.807) is 0 Å². The maximum Gasteiger partial charge on any atom is 0.0951 e. The Labute approximate surface area is 101 Å². The molecule has 0 aromatic carbocycles. The lowest BCUT2D eigenvalue weighted by Crippen LogP contribution is -2.28. The number of thioether (sulfide) groups is 1. The third-order valence-electron chi connectivity index (χ3n) is 3.75. The highest BCUT2D eigenvalue weighted by atomic mass is 32.2. The Balaban J connectivity index is 1.80. The maximum absolute atomic E-state index is 4.38. The second kappa shape index (κ2) is 4.80. The smallest absolute Gasteiger partial charge is 0.0951 e. The van der Waals surface area contributed by atoms with Crippen LogP contribution in [0.25, 0.3) is 0 Å². The molecule has 0 aliphatic carbocycles. The first-order valence-electron chi connectivity index (χ1n) is 6.25. The van der Waals surface area contributed by atoms with Gasteiger partial charge in [-0.2, -0.15) is 11.8 Å². The molecule has 0 spiro atoms. The molecule has 3 heterocycles. The van der Waals surface area contributed by atoms with Crippen LogP contribution >= 0.6 is 11.8 Å². The lowest BCUT2D eigenvalue weighted by atomic mass is 9.94. The van der Waals surface area contributed by atoms with Gasteiger partial charge in [0.05, 0.1) is 6.33 Å². The summed E-state index contributed by atoms with van der Waals surface area (Å²) in [6, 6.07) is 0.706. The number of aromatic nitrogens is 2. The molecule has 2 aliphatic heterocycles. The zero-order valence-electron chi connectivity index (χ0n) is 9.56. The van der Waals surface area contributed by atoms with Gasteiger partial charge in [0.2, 0.25) is 0 Å². The van der Waals surface area contributed by atoms with E-state index in [0.717, 1.165) is 19.0 Å². The van der Waals surface area contributed by atoms with Gasteiger partial charge in [-0.15, -0.1) is 0 Å². The molecule has 0 bridgehead atoms. The highest BCUT2D eigenvalue weighted by Crippen LogP contribution is 2.33. The number of rotatable bonds is 2. The van der Waals surface area contributed by atoms with Crippen LogP contribution in [0.4, 0.5) is 0 Å². The molecule has 1 unspecified atom stereocenters. The van der Waals surface area contributed by atoms with Gasteiger partial charge < -0.3 is 9.88 Å². The fourth-order valence-corrected chi connectivity index (χ4v) is 4.00. The van der Waals surface area contributed by atoms with Gasteiger partial charge in [-0.05, 0) is 38.1 Å². The monoisotopic (exact) mass is 237 g/mol. The fourth-order valence-electron chi connectivity index (χ4n) is 2.80. The van der Waals surface area contributed by atoms with Gasteiger partial charge in [0, 0.05) is 29.6 Å². The Morgan fingerprint density at radius 2 is 2.19 bits per heavy atom. The van der Waals surface area contributed by atoms with Gasteiger partial charge in [-0.1, -0.05) is 0 Å². The van der Waals surface area contributed by atoms with Crippen molar-refractivity contribution in [2.45, 2.75) is 31.2 Å². The van der Waals surface area contributed by atoms with E-state index >= 15 is 0 Å². The molecule has 88 valence electrons. The first kappa shape index (κ1) is 10.7. The molecule has 0 radical (unpaired) electrons. The first-order chi connectivity index (χ1) is 7.95. The van der Waals surface area contributed by atoms with Crippen molar-refractivity contribution in [1.82, 2.24) is 14.9 Å². The van der Waals surface area contributed by atoms with E-state index in [4.69, 9.17) is 0 Å². The molecule has 4 heteroatoms. The minimum Gasteiger partial charge on any atom is -0.330 e. The van der Waals surface area contributed by atoms with Gasteiger partial charge in [-0.25, -0.2) is 4.98 Å². The Kier molecular flexibility index (Phi) is 3.20. The summed E-state index contributed by atoms with van der Waals surface area (Å²) in [6.45, 7) is 2.32. The minimum atomic E-state index is 0.706. The molecule has 2 aliphatic rings. The number of nitrogens with zero attached hydrogens (tertiary/aromatic N) is 2. The summed E-state index contributed by atoms with van der Waals surface area (Å²) < 4.78 is 2.45. The molecule has 16 heavy (non-hydrogen) atoms. The van der Waals surface area contributed by atoms with E-state index < -0.39 is 0 Å². The Bertz CT molecular complexity index is 338. The highest BCUT2D eigenvalue weighted by molar-refractivity contribution is 7.99. The van der Waals surface area contributed by atoms with Gasteiger partial charge in [0.1, 0.15) is 0 Å². The second-order valence-electron chi connectivity index (χ2n) is 4.77. The van der Waals surface area contributed by atoms with Crippen molar-refractivity contribution >= 4 is 11.8 Å². The third-order valence-corrected chi connectivity index (χ3v) is 4.90. The van der Waals surface area contributed by atoms with E-state index in [2.05, 4.69) is 32.8 Å². The van der Waals surface area contributed by atoms with Crippen LogP contribution in [0.2, 0.25) is 0 Å². The quantitative estimate of drug-likeness (QED) is 0.853. The maximum atomic E-state index is 4.38. The number of piperidine rings is 1. The standard InChI is InChI=1S/C12H19N3S/c1-4-13-5-2-10(1)12-7-14-9-15(12)11-3-6-16-8-11/h7,9-11,13H,1-6,8H2. The van der Waals surface area contributed by atoms with E-state index in [-0.39, 0.29) is 0 Å². The van der Waals surface area contributed by atoms with Crippen LogP contribution in [-0.4, -0.2) is 34.1 Å². The average Bonchev–Trinajstić information content (AvgIpc) is 3.01. The van der Waals surface area contributed by atoms with Crippen molar-refractivity contribution in [3.8, 4) is 0 Å². The molecule has 0 amide bonds. The Morgan fingerprint density at radius 3 is 2.94 bits per heavy atom. The molecular formula is C12H19N3S. The molecule has 1 aromatic heterocycles. The number of hydrogen-bond donors (Lipinski definition) is 1. The average molecular weight is 237 g/mol. The van der Waals surface area contributed by atoms with Gasteiger partial charge in [0.15, 0.2) is 0 Å². The summed E-state index contributed by atoms with van der Waals surface area (Å²) in [4.78, 5) is 4.38. The van der Waals surface area contributed by atoms with Crippen LogP contribution in [-0.2, 0) is 0 Å². The zero-order chi connectivity index (χ0) is 10.8. The Morgan fingerprint density at radius 1 is 1.31 bits per heavy atom. The minimum absolute atomic E-state index is 0.706. The lowest BCUT2D eigenvalue weighted by molar-refractivity contribution is 0.424. The van der Waals surface area contributed by atoms with Crippen LogP contribution in [0.1, 0.15) is 36.9 Å². The van der Waals surface area contributed by atoms with Crippen LogP contribution in [0.5, 0.6) is 0 Å². The number of nitrogens with one attached hydrogen (secondary N) is 1. The molecule has 2 fully saturated rings. The van der Waals surface area contributed by atoms with E-state index in [1.807, 2.05) is 6.33 Å². The summed E-state index contributed by atoms with van der Waals surface area (Å²) >= 11 is 2.07. The van der Waals surface area contributed by atoms with Crippen molar-refractivity contribution in [3.63, 3.8) is 0 Å². The van der Waals surface area contributed by atoms with E-state index in [0.29, 0.717) is 6.04 Å². The summed E-state index contributed by atoms with van der Waals surface area (Å²) in [7, 11) is 0. The van der Waals surface area contributed by atoms with Crippen molar-refractivity contribution in [3.05, 3.63) is 18.2 Å². The van der Waals surface area contributed by atoms with Crippen molar-refractivity contribution in [1.29, 1.82) is 0 Å². The number of imidazole rings is 1. The van der Waals surface area contributed by atoms with E-state index in [1.165, 1.54) is 36.5 Å². The number of hydrogen-bond acceptors (Lipinski definition) is 3. The normalized spacial score (nSPS) is 27.4. The summed E-state index contributed by atoms with van der Waals surface area (Å²) in [6.07, 6.45) is 8.00. The molecule has 0 saturated carbocycles.